The van der Waals surface area contributed by atoms with Crippen molar-refractivity contribution in [2.45, 2.75) is 13.5 Å². The van der Waals surface area contributed by atoms with E-state index in [1.807, 2.05) is 6.92 Å². The van der Waals surface area contributed by atoms with Crippen molar-refractivity contribution in [2.75, 3.05) is 5.32 Å². The second kappa shape index (κ2) is 5.80. The van der Waals surface area contributed by atoms with Gasteiger partial charge < -0.3 is 5.32 Å². The summed E-state index contributed by atoms with van der Waals surface area (Å²) in [7, 11) is 0. The molecule has 3 rings (SSSR count). The molecule has 21 heavy (non-hydrogen) atoms. The molecule has 106 valence electrons. The fraction of sp³-hybridized carbons (Fsp3) is 0.167. The third kappa shape index (κ3) is 3.29. The average Bonchev–Trinajstić information content (AvgIpc) is 3.00. The van der Waals surface area contributed by atoms with Gasteiger partial charge in [0.2, 0.25) is 11.2 Å². The van der Waals surface area contributed by atoms with Crippen molar-refractivity contribution in [3.8, 4) is 5.95 Å². The Labute approximate surface area is 125 Å². The standard InChI is InChI=1S/C12H11ClN8/c1-8-5-15-9(6-14-8)7-16-11-18-10(13)19-12(20-11)21-4-2-3-17-21/h2-6H,7H2,1H3,(H,16,18,19,20). The van der Waals surface area contributed by atoms with Gasteiger partial charge >= 0.3 is 0 Å². The van der Waals surface area contributed by atoms with Gasteiger partial charge in [-0.05, 0) is 24.6 Å². The summed E-state index contributed by atoms with van der Waals surface area (Å²) in [6, 6.07) is 1.77. The Morgan fingerprint density at radius 3 is 2.81 bits per heavy atom. The van der Waals surface area contributed by atoms with Crippen LogP contribution in [-0.4, -0.2) is 34.7 Å². The molecule has 0 spiro atoms. The fourth-order valence-electron chi connectivity index (χ4n) is 1.59. The van der Waals surface area contributed by atoms with Gasteiger partial charge in [-0.25, -0.2) is 4.68 Å². The lowest BCUT2D eigenvalue weighted by Gasteiger charge is -2.06. The Hall–Kier alpha value is -2.61. The van der Waals surface area contributed by atoms with E-state index >= 15 is 0 Å². The maximum atomic E-state index is 5.90. The molecule has 0 aliphatic carbocycles. The zero-order valence-electron chi connectivity index (χ0n) is 11.1. The predicted molar refractivity (Wildman–Crippen MR) is 76.1 cm³/mol. The smallest absolute Gasteiger partial charge is 0.256 e. The molecule has 0 saturated carbocycles. The highest BCUT2D eigenvalue weighted by Gasteiger charge is 2.07. The lowest BCUT2D eigenvalue weighted by molar-refractivity contribution is 0.794. The number of nitrogens with zero attached hydrogens (tertiary/aromatic N) is 7. The van der Waals surface area contributed by atoms with Crippen LogP contribution in [0.5, 0.6) is 0 Å². The van der Waals surface area contributed by atoms with Crippen molar-refractivity contribution in [1.82, 2.24) is 34.7 Å². The van der Waals surface area contributed by atoms with Crippen LogP contribution in [-0.2, 0) is 6.54 Å². The summed E-state index contributed by atoms with van der Waals surface area (Å²) in [6.07, 6.45) is 6.75. The van der Waals surface area contributed by atoms with E-state index in [0.717, 1.165) is 11.4 Å². The molecule has 0 unspecified atom stereocenters. The Balaban J connectivity index is 1.78. The summed E-state index contributed by atoms with van der Waals surface area (Å²) in [6.45, 7) is 2.32. The van der Waals surface area contributed by atoms with E-state index in [4.69, 9.17) is 11.6 Å². The summed E-state index contributed by atoms with van der Waals surface area (Å²) < 4.78 is 1.50. The number of aromatic nitrogens is 7. The van der Waals surface area contributed by atoms with Crippen molar-refractivity contribution in [3.05, 3.63) is 47.5 Å². The van der Waals surface area contributed by atoms with Gasteiger partial charge in [-0.2, -0.15) is 20.1 Å². The molecule has 3 aromatic heterocycles. The number of hydrogen-bond acceptors (Lipinski definition) is 7. The summed E-state index contributed by atoms with van der Waals surface area (Å²) in [5.41, 5.74) is 1.64. The second-order valence-corrected chi connectivity index (χ2v) is 4.52. The van der Waals surface area contributed by atoms with Crippen molar-refractivity contribution in [2.24, 2.45) is 0 Å². The van der Waals surface area contributed by atoms with Gasteiger partial charge in [0, 0.05) is 18.6 Å². The molecule has 0 saturated heterocycles. The van der Waals surface area contributed by atoms with Crippen LogP contribution in [0.4, 0.5) is 5.95 Å². The van der Waals surface area contributed by atoms with Crippen LogP contribution < -0.4 is 5.32 Å². The van der Waals surface area contributed by atoms with Crippen LogP contribution in [0.3, 0.4) is 0 Å². The third-order valence-corrected chi connectivity index (χ3v) is 2.74. The zero-order chi connectivity index (χ0) is 14.7. The maximum Gasteiger partial charge on any atom is 0.256 e. The molecule has 0 amide bonds. The first-order chi connectivity index (χ1) is 10.2. The first-order valence-corrected chi connectivity index (χ1v) is 6.51. The van der Waals surface area contributed by atoms with Gasteiger partial charge in [-0.3, -0.25) is 9.97 Å². The van der Waals surface area contributed by atoms with E-state index in [-0.39, 0.29) is 5.28 Å². The van der Waals surface area contributed by atoms with Crippen LogP contribution in [0, 0.1) is 6.92 Å². The minimum absolute atomic E-state index is 0.0907. The van der Waals surface area contributed by atoms with E-state index in [1.54, 1.807) is 30.9 Å². The Bertz CT molecular complexity index is 726. The molecule has 0 radical (unpaired) electrons. The predicted octanol–water partition coefficient (Wildman–Crippen LogP) is 1.42. The highest BCUT2D eigenvalue weighted by atomic mass is 35.5. The van der Waals surface area contributed by atoms with Crippen LogP contribution in [0.15, 0.2) is 30.9 Å². The molecule has 3 heterocycles. The van der Waals surface area contributed by atoms with E-state index in [2.05, 4.69) is 35.3 Å². The van der Waals surface area contributed by atoms with Crippen LogP contribution in [0.2, 0.25) is 5.28 Å². The van der Waals surface area contributed by atoms with Gasteiger partial charge in [-0.1, -0.05) is 0 Å². The molecule has 0 bridgehead atoms. The summed E-state index contributed by atoms with van der Waals surface area (Å²) >= 11 is 5.90. The van der Waals surface area contributed by atoms with Gasteiger partial charge in [0.1, 0.15) is 0 Å². The number of aryl methyl sites for hydroxylation is 1. The molecule has 1 N–H and O–H groups in total. The van der Waals surface area contributed by atoms with Gasteiger partial charge in [-0.15, -0.1) is 0 Å². The van der Waals surface area contributed by atoms with E-state index in [0.29, 0.717) is 18.4 Å². The van der Waals surface area contributed by atoms with Crippen LogP contribution >= 0.6 is 11.6 Å². The quantitative estimate of drug-likeness (QED) is 0.778. The monoisotopic (exact) mass is 302 g/mol. The summed E-state index contributed by atoms with van der Waals surface area (Å²) in [4.78, 5) is 20.7. The summed E-state index contributed by atoms with van der Waals surface area (Å²) in [5, 5.41) is 7.18. The van der Waals surface area contributed by atoms with Crippen LogP contribution in [0.25, 0.3) is 5.95 Å². The van der Waals surface area contributed by atoms with Crippen molar-refractivity contribution >= 4 is 17.5 Å². The molecule has 8 nitrogen and oxygen atoms in total. The first kappa shape index (κ1) is 13.4. The van der Waals surface area contributed by atoms with E-state index in [9.17, 15) is 0 Å². The lowest BCUT2D eigenvalue weighted by atomic mass is 10.4. The highest BCUT2D eigenvalue weighted by Crippen LogP contribution is 2.09. The molecule has 0 aliphatic rings. The highest BCUT2D eigenvalue weighted by molar-refractivity contribution is 6.28. The van der Waals surface area contributed by atoms with Gasteiger partial charge in [0.05, 0.1) is 24.1 Å². The molecule has 9 heteroatoms. The minimum atomic E-state index is 0.0907. The minimum Gasteiger partial charge on any atom is -0.348 e. The van der Waals surface area contributed by atoms with Crippen molar-refractivity contribution in [1.29, 1.82) is 0 Å². The molecular formula is C12H11ClN8. The topological polar surface area (TPSA) is 94.3 Å². The Kier molecular flexibility index (Phi) is 3.69. The molecule has 0 atom stereocenters. The molecule has 0 aromatic carbocycles. The fourth-order valence-corrected chi connectivity index (χ4v) is 1.74. The average molecular weight is 303 g/mol. The zero-order valence-corrected chi connectivity index (χ0v) is 11.9. The van der Waals surface area contributed by atoms with E-state index < -0.39 is 0 Å². The second-order valence-electron chi connectivity index (χ2n) is 4.18. The Morgan fingerprint density at radius 2 is 2.10 bits per heavy atom. The maximum absolute atomic E-state index is 5.90. The van der Waals surface area contributed by atoms with E-state index in [1.165, 1.54) is 4.68 Å². The number of halogens is 1. The lowest BCUT2D eigenvalue weighted by Crippen LogP contribution is -2.10. The van der Waals surface area contributed by atoms with Gasteiger partial charge in [0.15, 0.2) is 0 Å². The largest absolute Gasteiger partial charge is 0.348 e. The number of hydrogen-bond donors (Lipinski definition) is 1. The van der Waals surface area contributed by atoms with Crippen molar-refractivity contribution in [3.63, 3.8) is 0 Å². The third-order valence-electron chi connectivity index (χ3n) is 2.57. The molecule has 3 aromatic rings. The number of rotatable bonds is 4. The molecule has 0 aliphatic heterocycles. The van der Waals surface area contributed by atoms with Crippen LogP contribution in [0.1, 0.15) is 11.4 Å². The summed E-state index contributed by atoms with van der Waals surface area (Å²) in [5.74, 6) is 0.695. The Morgan fingerprint density at radius 1 is 1.19 bits per heavy atom. The molecular weight excluding hydrogens is 292 g/mol. The SMILES string of the molecule is Cc1cnc(CNc2nc(Cl)nc(-n3cccn3)n2)cn1. The number of anilines is 1. The van der Waals surface area contributed by atoms with Crippen molar-refractivity contribution < 1.29 is 0 Å². The molecule has 0 fully saturated rings. The first-order valence-electron chi connectivity index (χ1n) is 6.14. The number of nitrogens with one attached hydrogen (secondary N) is 1. The van der Waals surface area contributed by atoms with Gasteiger partial charge in [0.25, 0.3) is 5.95 Å². The normalized spacial score (nSPS) is 10.6.